The topological polar surface area (TPSA) is 53.1 Å². The summed E-state index contributed by atoms with van der Waals surface area (Å²) in [6, 6.07) is 8.65. The molecule has 0 radical (unpaired) electrons. The normalized spacial score (nSPS) is 10.8. The minimum absolute atomic E-state index is 0.264. The van der Waals surface area contributed by atoms with Crippen molar-refractivity contribution in [3.63, 3.8) is 0 Å². The minimum Gasteiger partial charge on any atom is -0.425 e. The summed E-state index contributed by atoms with van der Waals surface area (Å²) in [7, 11) is 0. The highest BCUT2D eigenvalue weighted by molar-refractivity contribution is 5.33. The third-order valence-corrected chi connectivity index (χ3v) is 2.47. The highest BCUT2D eigenvalue weighted by Gasteiger charge is 2.11. The number of aromatic nitrogens is 2. The molecular weight excluding hydrogens is 214 g/mol. The zero-order valence-electron chi connectivity index (χ0n) is 10.3. The number of hydrogen-bond donors (Lipinski definition) is 1. The van der Waals surface area contributed by atoms with Crippen molar-refractivity contribution in [3.05, 3.63) is 36.0 Å². The van der Waals surface area contributed by atoms with Gasteiger partial charge in [0, 0.05) is 6.04 Å². The highest BCUT2D eigenvalue weighted by Crippen LogP contribution is 2.25. The molecule has 4 nitrogen and oxygen atoms in total. The highest BCUT2D eigenvalue weighted by atomic mass is 16.5. The zero-order chi connectivity index (χ0) is 12.4. The smallest absolute Gasteiger partial charge is 0.304 e. The second-order valence-electron chi connectivity index (χ2n) is 4.37. The summed E-state index contributed by atoms with van der Waals surface area (Å²) in [6.45, 7) is 6.14. The van der Waals surface area contributed by atoms with Crippen LogP contribution in [0.4, 0.5) is 5.82 Å². The zero-order valence-corrected chi connectivity index (χ0v) is 10.3. The Hall–Kier alpha value is -1.97. The number of ether oxygens (including phenoxy) is 1. The maximum Gasteiger partial charge on any atom is 0.304 e. The number of hydrogen-bond acceptors (Lipinski definition) is 3. The van der Waals surface area contributed by atoms with Crippen LogP contribution in [0.1, 0.15) is 25.5 Å². The second kappa shape index (κ2) is 4.49. The van der Waals surface area contributed by atoms with E-state index in [4.69, 9.17) is 10.5 Å². The SMILES string of the molecule is Cc1cccc(Oc2nc(N)cn2C(C)C)c1. The Kier molecular flexibility index (Phi) is 3.04. The molecule has 0 atom stereocenters. The number of imidazole rings is 1. The average Bonchev–Trinajstić information content (AvgIpc) is 2.59. The van der Waals surface area contributed by atoms with Gasteiger partial charge in [0.25, 0.3) is 0 Å². The van der Waals surface area contributed by atoms with Crippen LogP contribution < -0.4 is 10.5 Å². The molecule has 0 aliphatic heterocycles. The van der Waals surface area contributed by atoms with Gasteiger partial charge in [0.15, 0.2) is 0 Å². The lowest BCUT2D eigenvalue weighted by Crippen LogP contribution is -2.02. The fraction of sp³-hybridized carbons (Fsp3) is 0.308. The Morgan fingerprint density at radius 3 is 2.76 bits per heavy atom. The van der Waals surface area contributed by atoms with E-state index in [9.17, 15) is 0 Å². The van der Waals surface area contributed by atoms with Crippen molar-refractivity contribution in [2.75, 3.05) is 5.73 Å². The molecule has 0 amide bonds. The molecule has 1 aromatic carbocycles. The Labute approximate surface area is 101 Å². The van der Waals surface area contributed by atoms with E-state index >= 15 is 0 Å². The van der Waals surface area contributed by atoms with Gasteiger partial charge in [-0.1, -0.05) is 12.1 Å². The number of anilines is 1. The molecule has 0 aliphatic carbocycles. The summed E-state index contributed by atoms with van der Waals surface area (Å²) in [5.41, 5.74) is 6.84. The van der Waals surface area contributed by atoms with Crippen molar-refractivity contribution in [1.29, 1.82) is 0 Å². The van der Waals surface area contributed by atoms with Crippen LogP contribution in [0.5, 0.6) is 11.8 Å². The summed E-state index contributed by atoms with van der Waals surface area (Å²) in [5.74, 6) is 1.25. The lowest BCUT2D eigenvalue weighted by molar-refractivity contribution is 0.395. The minimum atomic E-state index is 0.264. The van der Waals surface area contributed by atoms with Crippen molar-refractivity contribution in [1.82, 2.24) is 9.55 Å². The molecule has 0 aliphatic rings. The van der Waals surface area contributed by atoms with E-state index in [2.05, 4.69) is 18.8 Å². The predicted molar refractivity (Wildman–Crippen MR) is 68.3 cm³/mol. The van der Waals surface area contributed by atoms with E-state index in [0.717, 1.165) is 11.3 Å². The number of nitrogens with two attached hydrogens (primary N) is 1. The van der Waals surface area contributed by atoms with Gasteiger partial charge in [0.05, 0.1) is 6.20 Å². The Bertz CT molecular complexity index is 517. The molecule has 0 saturated carbocycles. The van der Waals surface area contributed by atoms with Crippen LogP contribution >= 0.6 is 0 Å². The lowest BCUT2D eigenvalue weighted by atomic mass is 10.2. The third-order valence-electron chi connectivity index (χ3n) is 2.47. The van der Waals surface area contributed by atoms with E-state index in [-0.39, 0.29) is 6.04 Å². The Balaban J connectivity index is 2.29. The standard InChI is InChI=1S/C13H17N3O/c1-9(2)16-8-12(14)15-13(16)17-11-6-4-5-10(3)7-11/h4-9H,14H2,1-3H3. The molecule has 90 valence electrons. The first kappa shape index (κ1) is 11.5. The molecule has 0 saturated heterocycles. The summed E-state index contributed by atoms with van der Waals surface area (Å²) in [6.07, 6.45) is 1.79. The number of benzene rings is 1. The monoisotopic (exact) mass is 231 g/mol. The predicted octanol–water partition coefficient (Wildman–Crippen LogP) is 3.15. The molecule has 0 fully saturated rings. The van der Waals surface area contributed by atoms with Gasteiger partial charge in [0.2, 0.25) is 0 Å². The maximum atomic E-state index is 5.74. The van der Waals surface area contributed by atoms with Crippen LogP contribution in [0.2, 0.25) is 0 Å². The Morgan fingerprint density at radius 1 is 1.35 bits per heavy atom. The van der Waals surface area contributed by atoms with Crippen LogP contribution in [0.25, 0.3) is 0 Å². The number of nitrogen functional groups attached to an aromatic ring is 1. The van der Waals surface area contributed by atoms with Crippen molar-refractivity contribution in [3.8, 4) is 11.8 Å². The summed E-state index contributed by atoms with van der Waals surface area (Å²) < 4.78 is 7.66. The van der Waals surface area contributed by atoms with Crippen LogP contribution in [-0.4, -0.2) is 9.55 Å². The fourth-order valence-electron chi connectivity index (χ4n) is 1.62. The molecule has 1 heterocycles. The number of rotatable bonds is 3. The molecular formula is C13H17N3O. The molecule has 0 unspecified atom stereocenters. The van der Waals surface area contributed by atoms with E-state index in [1.165, 1.54) is 0 Å². The van der Waals surface area contributed by atoms with Gasteiger partial charge in [0.1, 0.15) is 11.6 Å². The van der Waals surface area contributed by atoms with Crippen molar-refractivity contribution < 1.29 is 4.74 Å². The molecule has 2 rings (SSSR count). The van der Waals surface area contributed by atoms with Crippen LogP contribution in [0, 0.1) is 6.92 Å². The van der Waals surface area contributed by atoms with Gasteiger partial charge in [-0.15, -0.1) is 0 Å². The second-order valence-corrected chi connectivity index (χ2v) is 4.37. The lowest BCUT2D eigenvalue weighted by Gasteiger charge is -2.11. The van der Waals surface area contributed by atoms with Gasteiger partial charge in [-0.3, -0.25) is 4.57 Å². The Morgan fingerprint density at radius 2 is 2.12 bits per heavy atom. The molecule has 2 aromatic rings. The van der Waals surface area contributed by atoms with Crippen LogP contribution in [-0.2, 0) is 0 Å². The summed E-state index contributed by atoms with van der Waals surface area (Å²) >= 11 is 0. The molecule has 4 heteroatoms. The summed E-state index contributed by atoms with van der Waals surface area (Å²) in [4.78, 5) is 4.18. The molecule has 1 aromatic heterocycles. The largest absolute Gasteiger partial charge is 0.425 e. The van der Waals surface area contributed by atoms with E-state index in [1.807, 2.05) is 35.8 Å². The van der Waals surface area contributed by atoms with Crippen molar-refractivity contribution in [2.24, 2.45) is 0 Å². The van der Waals surface area contributed by atoms with Gasteiger partial charge in [-0.05, 0) is 38.5 Å². The molecule has 0 bridgehead atoms. The van der Waals surface area contributed by atoms with Crippen LogP contribution in [0.3, 0.4) is 0 Å². The first-order valence-corrected chi connectivity index (χ1v) is 5.65. The van der Waals surface area contributed by atoms with Crippen molar-refractivity contribution in [2.45, 2.75) is 26.8 Å². The van der Waals surface area contributed by atoms with E-state index in [1.54, 1.807) is 6.20 Å². The first-order chi connectivity index (χ1) is 8.06. The van der Waals surface area contributed by atoms with Gasteiger partial charge in [-0.25, -0.2) is 0 Å². The first-order valence-electron chi connectivity index (χ1n) is 5.65. The molecule has 2 N–H and O–H groups in total. The molecule has 0 spiro atoms. The van der Waals surface area contributed by atoms with Crippen molar-refractivity contribution >= 4 is 5.82 Å². The van der Waals surface area contributed by atoms with E-state index in [0.29, 0.717) is 11.8 Å². The molecule has 17 heavy (non-hydrogen) atoms. The fourth-order valence-corrected chi connectivity index (χ4v) is 1.62. The van der Waals surface area contributed by atoms with E-state index < -0.39 is 0 Å². The number of aryl methyl sites for hydroxylation is 1. The maximum absolute atomic E-state index is 5.74. The van der Waals surface area contributed by atoms with Gasteiger partial charge >= 0.3 is 6.01 Å². The van der Waals surface area contributed by atoms with Crippen LogP contribution in [0.15, 0.2) is 30.5 Å². The number of nitrogens with zero attached hydrogens (tertiary/aromatic N) is 2. The average molecular weight is 231 g/mol. The third kappa shape index (κ3) is 2.58. The van der Waals surface area contributed by atoms with Gasteiger partial charge < -0.3 is 10.5 Å². The van der Waals surface area contributed by atoms with Gasteiger partial charge in [-0.2, -0.15) is 4.98 Å². The quantitative estimate of drug-likeness (QED) is 0.882. The summed E-state index contributed by atoms with van der Waals surface area (Å²) in [5, 5.41) is 0.